The summed E-state index contributed by atoms with van der Waals surface area (Å²) >= 11 is 0. The maximum absolute atomic E-state index is 12.0. The number of carbonyl (C=O) groups is 2. The van der Waals surface area contributed by atoms with Crippen LogP contribution in [0.3, 0.4) is 0 Å². The van der Waals surface area contributed by atoms with Gasteiger partial charge in [0.25, 0.3) is 5.69 Å². The van der Waals surface area contributed by atoms with Gasteiger partial charge in [0.1, 0.15) is 19.0 Å². The van der Waals surface area contributed by atoms with E-state index in [1.807, 2.05) is 24.3 Å². The van der Waals surface area contributed by atoms with Gasteiger partial charge in [-0.2, -0.15) is 0 Å². The zero-order valence-electron chi connectivity index (χ0n) is 24.6. The molecule has 4 rings (SSSR count). The van der Waals surface area contributed by atoms with E-state index in [2.05, 4.69) is 48.9 Å². The maximum atomic E-state index is 12.0. The fraction of sp³-hybridized carbons (Fsp3) is 0.375. The molecule has 0 amide bonds. The lowest BCUT2D eigenvalue weighted by atomic mass is 9.76. The highest BCUT2D eigenvalue weighted by molar-refractivity contribution is 5.87. The molecule has 10 heteroatoms. The third-order valence-corrected chi connectivity index (χ3v) is 7.74. The van der Waals surface area contributed by atoms with Crippen molar-refractivity contribution in [2.45, 2.75) is 38.8 Å². The Morgan fingerprint density at radius 1 is 1.00 bits per heavy atom. The Hall–Kier alpha value is -4.44. The first-order valence-corrected chi connectivity index (χ1v) is 13.8. The van der Waals surface area contributed by atoms with Crippen molar-refractivity contribution in [3.8, 4) is 5.75 Å². The summed E-state index contributed by atoms with van der Waals surface area (Å²) in [5.41, 5.74) is 2.00. The second kappa shape index (κ2) is 12.2. The van der Waals surface area contributed by atoms with Gasteiger partial charge >= 0.3 is 11.9 Å². The van der Waals surface area contributed by atoms with Gasteiger partial charge in [0.15, 0.2) is 0 Å². The molecule has 0 saturated carbocycles. The van der Waals surface area contributed by atoms with Crippen LogP contribution < -0.4 is 9.64 Å². The van der Waals surface area contributed by atoms with Gasteiger partial charge < -0.3 is 19.1 Å². The molecule has 0 saturated heterocycles. The molecule has 222 valence electrons. The van der Waals surface area contributed by atoms with Crippen LogP contribution in [0, 0.1) is 10.1 Å². The first-order valence-electron chi connectivity index (χ1n) is 13.8. The van der Waals surface area contributed by atoms with Crippen molar-refractivity contribution in [3.05, 3.63) is 94.1 Å². The second-order valence-electron chi connectivity index (χ2n) is 11.1. The van der Waals surface area contributed by atoms with E-state index in [1.54, 1.807) is 19.9 Å². The van der Waals surface area contributed by atoms with Gasteiger partial charge in [-0.15, -0.1) is 0 Å². The van der Waals surface area contributed by atoms with E-state index in [0.29, 0.717) is 48.6 Å². The number of hydrogen-bond acceptors (Lipinski definition) is 9. The summed E-state index contributed by atoms with van der Waals surface area (Å²) < 4.78 is 17.4. The number of hydrogen-bond donors (Lipinski definition) is 0. The molecule has 10 nitrogen and oxygen atoms in total. The summed E-state index contributed by atoms with van der Waals surface area (Å²) in [5.74, 6) is -0.362. The van der Waals surface area contributed by atoms with Crippen molar-refractivity contribution < 1.29 is 28.7 Å². The Kier molecular flexibility index (Phi) is 8.86. The third kappa shape index (κ3) is 5.94. The molecule has 1 atom stereocenters. The molecule has 1 unspecified atom stereocenters. The molecule has 0 aliphatic carbocycles. The van der Waals surface area contributed by atoms with Gasteiger partial charge in [0.2, 0.25) is 5.72 Å². The average Bonchev–Trinajstić information content (AvgIpc) is 3.13. The lowest BCUT2D eigenvalue weighted by Crippen LogP contribution is -2.60. The first-order chi connectivity index (χ1) is 19.9. The van der Waals surface area contributed by atoms with E-state index >= 15 is 0 Å². The zero-order chi connectivity index (χ0) is 30.7. The summed E-state index contributed by atoms with van der Waals surface area (Å²) in [6, 6.07) is 12.7. The van der Waals surface area contributed by atoms with Crippen molar-refractivity contribution in [1.82, 2.24) is 4.90 Å². The molecule has 1 spiro atoms. The third-order valence-electron chi connectivity index (χ3n) is 7.74. The number of non-ortho nitro benzene ring substituents is 1. The number of rotatable bonds is 12. The minimum atomic E-state index is -0.912. The fourth-order valence-corrected chi connectivity index (χ4v) is 5.35. The number of para-hydroxylation sites is 1. The normalized spacial score (nSPS) is 17.8. The Bertz CT molecular complexity index is 1420. The van der Waals surface area contributed by atoms with E-state index in [-0.39, 0.29) is 18.9 Å². The molecule has 2 aromatic carbocycles. The number of fused-ring (bicyclic) bond motifs is 2. The molecule has 0 N–H and O–H groups in total. The molecule has 0 radical (unpaired) electrons. The average molecular weight is 576 g/mol. The predicted molar refractivity (Wildman–Crippen MR) is 160 cm³/mol. The van der Waals surface area contributed by atoms with Crippen LogP contribution >= 0.6 is 0 Å². The number of benzene rings is 2. The van der Waals surface area contributed by atoms with E-state index in [1.165, 1.54) is 12.1 Å². The molecule has 2 heterocycles. The zero-order valence-corrected chi connectivity index (χ0v) is 24.6. The molecule has 0 fully saturated rings. The Morgan fingerprint density at radius 2 is 1.62 bits per heavy atom. The van der Waals surface area contributed by atoms with Gasteiger partial charge in [0.05, 0.1) is 10.3 Å². The monoisotopic (exact) mass is 575 g/mol. The number of nitrogens with zero attached hydrogens (tertiary/aromatic N) is 3. The van der Waals surface area contributed by atoms with E-state index in [0.717, 1.165) is 11.3 Å². The number of nitro groups is 1. The second-order valence-corrected chi connectivity index (χ2v) is 11.1. The standard InChI is InChI=1S/C32H37N3O7/c1-22(2)29(36)40-19-17-33(18-20-41-30(37)23(3)4)15-16-34-27-10-8-7-9-26(27)31(5,6)32(34)14-13-24-21-25(35(38)39)11-12-28(24)42-32/h7-14,21H,1,3,15-20H2,2,4-6H3. The molecule has 2 aliphatic heterocycles. The van der Waals surface area contributed by atoms with Crippen molar-refractivity contribution in [2.24, 2.45) is 0 Å². The van der Waals surface area contributed by atoms with Crippen molar-refractivity contribution in [2.75, 3.05) is 44.3 Å². The summed E-state index contributed by atoms with van der Waals surface area (Å²) in [6.45, 7) is 16.9. The summed E-state index contributed by atoms with van der Waals surface area (Å²) in [7, 11) is 0. The van der Waals surface area contributed by atoms with E-state index < -0.39 is 28.0 Å². The minimum Gasteiger partial charge on any atom is -0.463 e. The lowest BCUT2D eigenvalue weighted by molar-refractivity contribution is -0.384. The van der Waals surface area contributed by atoms with E-state index in [4.69, 9.17) is 14.2 Å². The lowest BCUT2D eigenvalue weighted by Gasteiger charge is -2.47. The highest BCUT2D eigenvalue weighted by Crippen LogP contribution is 2.54. The van der Waals surface area contributed by atoms with Crippen LogP contribution in [0.4, 0.5) is 11.4 Å². The number of nitro benzene ring substituents is 1. The summed E-state index contributed by atoms with van der Waals surface area (Å²) in [4.78, 5) is 39.1. The van der Waals surface area contributed by atoms with Crippen LogP contribution in [0.1, 0.15) is 38.8 Å². The maximum Gasteiger partial charge on any atom is 0.333 e. The first kappa shape index (κ1) is 30.5. The highest BCUT2D eigenvalue weighted by Gasteiger charge is 2.58. The largest absolute Gasteiger partial charge is 0.463 e. The van der Waals surface area contributed by atoms with Gasteiger partial charge in [-0.3, -0.25) is 15.0 Å². The number of anilines is 1. The predicted octanol–water partition coefficient (Wildman–Crippen LogP) is 5.04. The molecule has 0 bridgehead atoms. The smallest absolute Gasteiger partial charge is 0.333 e. The van der Waals surface area contributed by atoms with Gasteiger partial charge in [-0.25, -0.2) is 9.59 Å². The van der Waals surface area contributed by atoms with Crippen LogP contribution in [-0.2, 0) is 24.5 Å². The van der Waals surface area contributed by atoms with Gasteiger partial charge in [-0.05, 0) is 57.5 Å². The number of ether oxygens (including phenoxy) is 3. The molecular formula is C32H37N3O7. The van der Waals surface area contributed by atoms with Crippen LogP contribution in [-0.4, -0.2) is 66.9 Å². The quantitative estimate of drug-likeness (QED) is 0.149. The summed E-state index contributed by atoms with van der Waals surface area (Å²) in [5, 5.41) is 11.3. The Balaban J connectivity index is 1.60. The topological polar surface area (TPSA) is 111 Å². The van der Waals surface area contributed by atoms with Crippen molar-refractivity contribution in [3.63, 3.8) is 0 Å². The SMILES string of the molecule is C=C(C)C(=O)OCCN(CCOC(=O)C(=C)C)CCN1c2ccccc2C(C)(C)C12C=Cc1cc([N+](=O)[O-])ccc1O2. The van der Waals surface area contributed by atoms with Crippen molar-refractivity contribution >= 4 is 29.4 Å². The summed E-state index contributed by atoms with van der Waals surface area (Å²) in [6.07, 6.45) is 3.87. The highest BCUT2D eigenvalue weighted by atomic mass is 16.6. The van der Waals surface area contributed by atoms with E-state index in [9.17, 15) is 19.7 Å². The molecule has 2 aliphatic rings. The van der Waals surface area contributed by atoms with Crippen LogP contribution in [0.25, 0.3) is 6.08 Å². The Morgan fingerprint density at radius 3 is 2.21 bits per heavy atom. The van der Waals surface area contributed by atoms with Gasteiger partial charge in [0, 0.05) is 60.7 Å². The van der Waals surface area contributed by atoms with Crippen molar-refractivity contribution in [1.29, 1.82) is 0 Å². The van der Waals surface area contributed by atoms with Gasteiger partial charge in [-0.1, -0.05) is 31.4 Å². The Labute approximate surface area is 246 Å². The number of carbonyl (C=O) groups excluding carboxylic acids is 2. The molecule has 2 aromatic rings. The number of esters is 2. The van der Waals surface area contributed by atoms with Crippen LogP contribution in [0.2, 0.25) is 0 Å². The molecule has 0 aromatic heterocycles. The van der Waals surface area contributed by atoms with Crippen LogP contribution in [0.5, 0.6) is 5.75 Å². The molecule has 42 heavy (non-hydrogen) atoms. The minimum absolute atomic E-state index is 0.000821. The molecular weight excluding hydrogens is 538 g/mol. The van der Waals surface area contributed by atoms with Crippen LogP contribution in [0.15, 0.2) is 72.8 Å². The fourth-order valence-electron chi connectivity index (χ4n) is 5.35.